The molecule has 1 amide bonds. The molecule has 4 heteroatoms. The van der Waals surface area contributed by atoms with Crippen LogP contribution in [0.25, 0.3) is 0 Å². The fourth-order valence-corrected chi connectivity index (χ4v) is 1.95. The molecule has 4 nitrogen and oxygen atoms in total. The average molecular weight is 219 g/mol. The highest BCUT2D eigenvalue weighted by Crippen LogP contribution is 2.12. The molecule has 1 heterocycles. The summed E-state index contributed by atoms with van der Waals surface area (Å²) in [6.07, 6.45) is 0.778. The van der Waals surface area contributed by atoms with Crippen LogP contribution in [0.1, 0.15) is 16.8 Å². The molecule has 0 unspecified atom stereocenters. The molecule has 16 heavy (non-hydrogen) atoms. The summed E-state index contributed by atoms with van der Waals surface area (Å²) < 4.78 is 0. The third-order valence-corrected chi connectivity index (χ3v) is 3.02. The Bertz CT molecular complexity index is 366. The first-order valence-electron chi connectivity index (χ1n) is 5.54. The maximum absolute atomic E-state index is 12.1. The van der Waals surface area contributed by atoms with Crippen LogP contribution in [0.2, 0.25) is 0 Å². The molecule has 1 aliphatic rings. The van der Waals surface area contributed by atoms with Gasteiger partial charge in [0.15, 0.2) is 0 Å². The Morgan fingerprint density at radius 3 is 2.50 bits per heavy atom. The van der Waals surface area contributed by atoms with Gasteiger partial charge in [0, 0.05) is 30.7 Å². The van der Waals surface area contributed by atoms with Gasteiger partial charge in [0.05, 0.1) is 0 Å². The minimum atomic E-state index is -0.110. The van der Waals surface area contributed by atoms with Crippen LogP contribution in [0.3, 0.4) is 0 Å². The van der Waals surface area contributed by atoms with Crippen LogP contribution < -0.4 is 11.5 Å². The molecule has 1 saturated heterocycles. The van der Waals surface area contributed by atoms with Gasteiger partial charge in [0.25, 0.3) is 5.91 Å². The predicted octanol–water partition coefficient (Wildman–Crippen LogP) is 0.187. The normalized spacial score (nSPS) is 25.5. The number of benzene rings is 1. The van der Waals surface area contributed by atoms with E-state index in [-0.39, 0.29) is 18.0 Å². The summed E-state index contributed by atoms with van der Waals surface area (Å²) in [6.45, 7) is 1.25. The second kappa shape index (κ2) is 4.63. The average Bonchev–Trinajstić information content (AvgIpc) is 2.33. The van der Waals surface area contributed by atoms with Gasteiger partial charge in [-0.2, -0.15) is 0 Å². The summed E-state index contributed by atoms with van der Waals surface area (Å²) in [5, 5.41) is 0. The second-order valence-electron chi connectivity index (χ2n) is 4.23. The van der Waals surface area contributed by atoms with E-state index in [9.17, 15) is 4.79 Å². The van der Waals surface area contributed by atoms with Gasteiger partial charge in [0.2, 0.25) is 0 Å². The number of amides is 1. The van der Waals surface area contributed by atoms with E-state index in [4.69, 9.17) is 11.5 Å². The van der Waals surface area contributed by atoms with Gasteiger partial charge >= 0.3 is 0 Å². The van der Waals surface area contributed by atoms with Crippen LogP contribution >= 0.6 is 0 Å². The van der Waals surface area contributed by atoms with Gasteiger partial charge in [-0.1, -0.05) is 18.2 Å². The number of rotatable bonds is 1. The van der Waals surface area contributed by atoms with Crippen LogP contribution in [0, 0.1) is 0 Å². The molecule has 0 spiro atoms. The Kier molecular flexibility index (Phi) is 3.22. The molecule has 0 radical (unpaired) electrons. The monoisotopic (exact) mass is 219 g/mol. The van der Waals surface area contributed by atoms with Crippen LogP contribution in [0.5, 0.6) is 0 Å². The topological polar surface area (TPSA) is 72.3 Å². The molecule has 0 saturated carbocycles. The Morgan fingerprint density at radius 1 is 1.19 bits per heavy atom. The molecule has 2 rings (SSSR count). The van der Waals surface area contributed by atoms with Gasteiger partial charge in [-0.05, 0) is 18.6 Å². The Morgan fingerprint density at radius 2 is 1.88 bits per heavy atom. The Hall–Kier alpha value is -1.39. The molecular weight excluding hydrogens is 202 g/mol. The highest BCUT2D eigenvalue weighted by Gasteiger charge is 2.26. The molecule has 1 aromatic rings. The van der Waals surface area contributed by atoms with Crippen molar-refractivity contribution in [3.8, 4) is 0 Å². The van der Waals surface area contributed by atoms with Crippen molar-refractivity contribution in [1.29, 1.82) is 0 Å². The van der Waals surface area contributed by atoms with E-state index in [1.807, 2.05) is 30.3 Å². The molecule has 86 valence electrons. The maximum Gasteiger partial charge on any atom is 0.253 e. The first-order valence-corrected chi connectivity index (χ1v) is 5.54. The number of carbonyl (C=O) groups excluding carboxylic acids is 1. The molecular formula is C12H17N3O. The fraction of sp³-hybridized carbons (Fsp3) is 0.417. The first kappa shape index (κ1) is 11.1. The van der Waals surface area contributed by atoms with Gasteiger partial charge < -0.3 is 16.4 Å². The molecule has 0 aromatic heterocycles. The van der Waals surface area contributed by atoms with Crippen molar-refractivity contribution in [2.75, 3.05) is 13.1 Å². The lowest BCUT2D eigenvalue weighted by molar-refractivity contribution is 0.0696. The van der Waals surface area contributed by atoms with E-state index in [1.54, 1.807) is 4.90 Å². The Balaban J connectivity index is 2.06. The van der Waals surface area contributed by atoms with E-state index in [0.717, 1.165) is 6.42 Å². The highest BCUT2D eigenvalue weighted by molar-refractivity contribution is 5.94. The molecule has 2 atom stereocenters. The minimum Gasteiger partial charge on any atom is -0.337 e. The lowest BCUT2D eigenvalue weighted by Crippen LogP contribution is -2.56. The smallest absolute Gasteiger partial charge is 0.253 e. The molecule has 1 fully saturated rings. The van der Waals surface area contributed by atoms with Gasteiger partial charge in [-0.3, -0.25) is 4.79 Å². The van der Waals surface area contributed by atoms with Crippen LogP contribution in [0.15, 0.2) is 30.3 Å². The summed E-state index contributed by atoms with van der Waals surface area (Å²) in [4.78, 5) is 13.9. The molecule has 1 aliphatic heterocycles. The standard InChI is InChI=1S/C12H17N3O/c13-10-6-7-15(8-11(10)14)12(16)9-4-2-1-3-5-9/h1-5,10-11H,6-8,13-14H2/t10-,11-/m1/s1. The zero-order valence-electron chi connectivity index (χ0n) is 9.17. The van der Waals surface area contributed by atoms with Crippen molar-refractivity contribution in [3.05, 3.63) is 35.9 Å². The highest BCUT2D eigenvalue weighted by atomic mass is 16.2. The zero-order valence-corrected chi connectivity index (χ0v) is 9.17. The number of nitrogens with two attached hydrogens (primary N) is 2. The fourth-order valence-electron chi connectivity index (χ4n) is 1.95. The maximum atomic E-state index is 12.1. The SMILES string of the molecule is N[C@@H]1CCN(C(=O)c2ccccc2)C[C@H]1N. The van der Waals surface area contributed by atoms with Crippen molar-refractivity contribution in [2.24, 2.45) is 11.5 Å². The van der Waals surface area contributed by atoms with Crippen LogP contribution in [-0.4, -0.2) is 36.0 Å². The zero-order chi connectivity index (χ0) is 11.5. The van der Waals surface area contributed by atoms with Gasteiger partial charge in [0.1, 0.15) is 0 Å². The summed E-state index contributed by atoms with van der Waals surface area (Å²) in [6, 6.07) is 9.17. The summed E-state index contributed by atoms with van der Waals surface area (Å²) >= 11 is 0. The van der Waals surface area contributed by atoms with Crippen molar-refractivity contribution >= 4 is 5.91 Å². The number of piperidine rings is 1. The molecule has 0 aliphatic carbocycles. The number of hydrogen-bond acceptors (Lipinski definition) is 3. The van der Waals surface area contributed by atoms with Crippen molar-refractivity contribution in [1.82, 2.24) is 4.90 Å². The van der Waals surface area contributed by atoms with Crippen molar-refractivity contribution < 1.29 is 4.79 Å². The van der Waals surface area contributed by atoms with E-state index in [0.29, 0.717) is 18.7 Å². The lowest BCUT2D eigenvalue weighted by Gasteiger charge is -2.34. The molecule has 1 aromatic carbocycles. The van der Waals surface area contributed by atoms with Crippen LogP contribution in [0.4, 0.5) is 0 Å². The summed E-state index contributed by atoms with van der Waals surface area (Å²) in [5.74, 6) is 0.0444. The number of carbonyl (C=O) groups is 1. The van der Waals surface area contributed by atoms with E-state index in [2.05, 4.69) is 0 Å². The first-order chi connectivity index (χ1) is 7.68. The number of hydrogen-bond donors (Lipinski definition) is 2. The number of likely N-dealkylation sites (tertiary alicyclic amines) is 1. The van der Waals surface area contributed by atoms with Gasteiger partial charge in [-0.15, -0.1) is 0 Å². The molecule has 0 bridgehead atoms. The third-order valence-electron chi connectivity index (χ3n) is 3.02. The van der Waals surface area contributed by atoms with Gasteiger partial charge in [-0.25, -0.2) is 0 Å². The minimum absolute atomic E-state index is 0.0137. The third kappa shape index (κ3) is 2.23. The summed E-state index contributed by atoms with van der Waals surface area (Å²) in [5.41, 5.74) is 12.4. The van der Waals surface area contributed by atoms with Crippen LogP contribution in [-0.2, 0) is 0 Å². The Labute approximate surface area is 95.2 Å². The van der Waals surface area contributed by atoms with Crippen molar-refractivity contribution in [2.45, 2.75) is 18.5 Å². The largest absolute Gasteiger partial charge is 0.337 e. The second-order valence-corrected chi connectivity index (χ2v) is 4.23. The molecule has 4 N–H and O–H groups in total. The van der Waals surface area contributed by atoms with E-state index >= 15 is 0 Å². The predicted molar refractivity (Wildman–Crippen MR) is 62.9 cm³/mol. The van der Waals surface area contributed by atoms with E-state index in [1.165, 1.54) is 0 Å². The lowest BCUT2D eigenvalue weighted by atomic mass is 10.0. The van der Waals surface area contributed by atoms with E-state index < -0.39 is 0 Å². The van der Waals surface area contributed by atoms with Crippen molar-refractivity contribution in [3.63, 3.8) is 0 Å². The quantitative estimate of drug-likeness (QED) is 0.708. The summed E-state index contributed by atoms with van der Waals surface area (Å²) in [7, 11) is 0. The number of nitrogens with zero attached hydrogens (tertiary/aromatic N) is 1.